The number of esters is 1. The SMILES string of the molecule is C/C(=C\c1ccc(C)cc1)C(=O)O.COC(=O)/C(C)=C/c1ccc(C)cc1.[Li+].[OH-]. The molecule has 0 atom stereocenters. The predicted octanol–water partition coefficient (Wildman–Crippen LogP) is 1.88. The van der Waals surface area contributed by atoms with E-state index in [2.05, 4.69) is 4.74 Å². The van der Waals surface area contributed by atoms with Crippen molar-refractivity contribution in [3.63, 3.8) is 0 Å². The van der Waals surface area contributed by atoms with Crippen molar-refractivity contribution in [2.75, 3.05) is 7.11 Å². The van der Waals surface area contributed by atoms with Gasteiger partial charge in [-0.2, -0.15) is 0 Å². The van der Waals surface area contributed by atoms with Crippen molar-refractivity contribution in [3.05, 3.63) is 81.9 Å². The Kier molecular flexibility index (Phi) is 14.2. The number of carbonyl (C=O) groups is 2. The Morgan fingerprint density at radius 2 is 1.14 bits per heavy atom. The van der Waals surface area contributed by atoms with Crippen molar-refractivity contribution >= 4 is 24.1 Å². The Hall–Kier alpha value is -2.58. The Morgan fingerprint density at radius 3 is 1.45 bits per heavy atom. The number of aliphatic carboxylic acids is 1. The second kappa shape index (κ2) is 14.4. The first-order valence-corrected chi connectivity index (χ1v) is 8.54. The molecular formula is C23H27LiO5. The number of hydrogen-bond donors (Lipinski definition) is 1. The molecule has 150 valence electrons. The molecule has 0 aliphatic carbocycles. The van der Waals surface area contributed by atoms with Gasteiger partial charge in [-0.1, -0.05) is 59.7 Å². The summed E-state index contributed by atoms with van der Waals surface area (Å²) in [5.41, 5.74) is 5.27. The molecule has 0 saturated heterocycles. The summed E-state index contributed by atoms with van der Waals surface area (Å²) < 4.78 is 4.60. The number of carbonyl (C=O) groups excluding carboxylic acids is 1. The molecule has 0 fully saturated rings. The monoisotopic (exact) mass is 390 g/mol. The minimum Gasteiger partial charge on any atom is -0.870 e. The number of carboxylic acid groups (broad SMARTS) is 1. The Balaban J connectivity index is 0. The number of ether oxygens (including phenoxy) is 1. The van der Waals surface area contributed by atoms with Crippen LogP contribution in [0, 0.1) is 13.8 Å². The predicted molar refractivity (Wildman–Crippen MR) is 111 cm³/mol. The quantitative estimate of drug-likeness (QED) is 0.489. The summed E-state index contributed by atoms with van der Waals surface area (Å²) in [7, 11) is 1.38. The summed E-state index contributed by atoms with van der Waals surface area (Å²) in [6, 6.07) is 15.7. The topological polar surface area (TPSA) is 93.6 Å². The van der Waals surface area contributed by atoms with Crippen LogP contribution in [0.1, 0.15) is 36.1 Å². The molecule has 0 bridgehead atoms. The molecule has 0 radical (unpaired) electrons. The van der Waals surface area contributed by atoms with Crippen LogP contribution in [0.25, 0.3) is 12.2 Å². The Morgan fingerprint density at radius 1 is 0.793 bits per heavy atom. The number of carboxylic acids is 1. The zero-order valence-corrected chi connectivity index (χ0v) is 17.9. The molecule has 2 N–H and O–H groups in total. The molecule has 5 nitrogen and oxygen atoms in total. The van der Waals surface area contributed by atoms with Gasteiger partial charge in [0, 0.05) is 11.1 Å². The van der Waals surface area contributed by atoms with Gasteiger partial charge in [-0.3, -0.25) is 0 Å². The van der Waals surface area contributed by atoms with E-state index >= 15 is 0 Å². The third-order valence-corrected chi connectivity index (χ3v) is 3.77. The number of methoxy groups -OCH3 is 1. The standard InChI is InChI=1S/C12H14O2.C11H12O2.Li.H2O/c1-9-4-6-11(7-5-9)8-10(2)12(13)14-3;1-8-3-5-10(6-4-8)7-9(2)11(12)13;;/h4-8H,1-3H3;3-7H,1-2H3,(H,12,13);;1H2/q;;+1;/p-1/b10-8+;9-7+;;. The van der Waals surface area contributed by atoms with Crippen LogP contribution in [0.3, 0.4) is 0 Å². The molecule has 0 saturated carbocycles. The first kappa shape index (κ1) is 28.6. The van der Waals surface area contributed by atoms with E-state index in [0.29, 0.717) is 11.1 Å². The van der Waals surface area contributed by atoms with Crippen molar-refractivity contribution in [3.8, 4) is 0 Å². The molecule has 29 heavy (non-hydrogen) atoms. The summed E-state index contributed by atoms with van der Waals surface area (Å²) in [6.45, 7) is 7.35. The second-order valence-electron chi connectivity index (χ2n) is 6.27. The van der Waals surface area contributed by atoms with Crippen molar-refractivity contribution in [2.45, 2.75) is 27.7 Å². The Bertz CT molecular complexity index is 835. The molecule has 0 aliphatic rings. The average Bonchev–Trinajstić information content (AvgIpc) is 2.65. The summed E-state index contributed by atoms with van der Waals surface area (Å²) in [5.74, 6) is -1.16. The van der Waals surface area contributed by atoms with Crippen molar-refractivity contribution < 1.29 is 43.8 Å². The largest absolute Gasteiger partial charge is 1.00 e. The zero-order chi connectivity index (χ0) is 20.4. The number of benzene rings is 2. The normalized spacial score (nSPS) is 10.5. The van der Waals surface area contributed by atoms with Gasteiger partial charge < -0.3 is 15.3 Å². The maximum atomic E-state index is 11.1. The first-order valence-electron chi connectivity index (χ1n) is 8.54. The van der Waals surface area contributed by atoms with E-state index in [1.165, 1.54) is 18.2 Å². The van der Waals surface area contributed by atoms with Gasteiger partial charge in [0.15, 0.2) is 0 Å². The molecular weight excluding hydrogens is 363 g/mol. The maximum Gasteiger partial charge on any atom is 1.00 e. The second-order valence-corrected chi connectivity index (χ2v) is 6.27. The van der Waals surface area contributed by atoms with E-state index in [1.807, 2.05) is 68.5 Å². The maximum absolute atomic E-state index is 11.1. The molecule has 0 aromatic heterocycles. The van der Waals surface area contributed by atoms with Crippen LogP contribution >= 0.6 is 0 Å². The van der Waals surface area contributed by atoms with Crippen molar-refractivity contribution in [1.29, 1.82) is 0 Å². The molecule has 2 aromatic carbocycles. The summed E-state index contributed by atoms with van der Waals surface area (Å²) >= 11 is 0. The van der Waals surface area contributed by atoms with Gasteiger partial charge in [-0.15, -0.1) is 0 Å². The van der Waals surface area contributed by atoms with Gasteiger partial charge in [0.05, 0.1) is 7.11 Å². The van der Waals surface area contributed by atoms with Gasteiger partial charge in [-0.25, -0.2) is 9.59 Å². The molecule has 2 rings (SSSR count). The number of rotatable bonds is 4. The third kappa shape index (κ3) is 11.1. The third-order valence-electron chi connectivity index (χ3n) is 3.77. The van der Waals surface area contributed by atoms with Crippen molar-refractivity contribution in [2.24, 2.45) is 0 Å². The number of aryl methyl sites for hydroxylation is 2. The van der Waals surface area contributed by atoms with Gasteiger partial charge in [0.25, 0.3) is 0 Å². The fourth-order valence-electron chi connectivity index (χ4n) is 2.11. The molecule has 0 spiro atoms. The van der Waals surface area contributed by atoms with E-state index in [0.717, 1.165) is 11.1 Å². The van der Waals surface area contributed by atoms with Gasteiger partial charge >= 0.3 is 30.8 Å². The van der Waals surface area contributed by atoms with Gasteiger partial charge in [-0.05, 0) is 51.0 Å². The summed E-state index contributed by atoms with van der Waals surface area (Å²) in [6.07, 6.45) is 3.47. The van der Waals surface area contributed by atoms with E-state index in [9.17, 15) is 9.59 Å². The molecule has 6 heteroatoms. The van der Waals surface area contributed by atoms with E-state index in [1.54, 1.807) is 19.9 Å². The van der Waals surface area contributed by atoms with E-state index in [-0.39, 0.29) is 30.3 Å². The fourth-order valence-corrected chi connectivity index (χ4v) is 2.11. The van der Waals surface area contributed by atoms with Crippen LogP contribution in [-0.4, -0.2) is 29.6 Å². The van der Waals surface area contributed by atoms with Crippen LogP contribution < -0.4 is 18.9 Å². The molecule has 0 amide bonds. The van der Waals surface area contributed by atoms with Crippen molar-refractivity contribution in [1.82, 2.24) is 0 Å². The smallest absolute Gasteiger partial charge is 0.870 e. The van der Waals surface area contributed by atoms with Crippen LogP contribution in [-0.2, 0) is 14.3 Å². The average molecular weight is 390 g/mol. The van der Waals surface area contributed by atoms with Crippen LogP contribution in [0.15, 0.2) is 59.7 Å². The first-order chi connectivity index (χ1) is 12.7. The number of hydrogen-bond acceptors (Lipinski definition) is 4. The molecule has 0 unspecified atom stereocenters. The minimum atomic E-state index is -0.874. The molecule has 0 aliphatic heterocycles. The molecule has 2 aromatic rings. The van der Waals surface area contributed by atoms with Crippen LogP contribution in [0.2, 0.25) is 0 Å². The van der Waals surface area contributed by atoms with Crippen LogP contribution in [0.5, 0.6) is 0 Å². The van der Waals surface area contributed by atoms with Crippen LogP contribution in [0.4, 0.5) is 0 Å². The Labute approximate surface area is 184 Å². The summed E-state index contributed by atoms with van der Waals surface area (Å²) in [4.78, 5) is 21.6. The summed E-state index contributed by atoms with van der Waals surface area (Å²) in [5, 5.41) is 8.63. The fraction of sp³-hybridized carbons (Fsp3) is 0.217. The molecule has 0 heterocycles. The van der Waals surface area contributed by atoms with E-state index < -0.39 is 5.97 Å². The van der Waals surface area contributed by atoms with E-state index in [4.69, 9.17) is 5.11 Å². The zero-order valence-electron chi connectivity index (χ0n) is 17.9. The van der Waals surface area contributed by atoms with Gasteiger partial charge in [0.1, 0.15) is 0 Å². The minimum absolute atomic E-state index is 0. The van der Waals surface area contributed by atoms with Gasteiger partial charge in [0.2, 0.25) is 0 Å².